The normalized spacial score (nSPS) is 17.4. The first-order valence-electron chi connectivity index (χ1n) is 6.46. The summed E-state index contributed by atoms with van der Waals surface area (Å²) < 4.78 is 0. The maximum Gasteiger partial charge on any atom is 0.00671 e. The molecule has 1 aromatic rings. The van der Waals surface area contributed by atoms with Gasteiger partial charge >= 0.3 is 0 Å². The van der Waals surface area contributed by atoms with Crippen LogP contribution in [0.15, 0.2) is 18.2 Å². The van der Waals surface area contributed by atoms with Crippen molar-refractivity contribution in [3.63, 3.8) is 0 Å². The Morgan fingerprint density at radius 1 is 1.19 bits per heavy atom. The SMILES string of the molecule is Cc1cc(C)cc(CCNC(C)C2CC2)c1. The van der Waals surface area contributed by atoms with E-state index in [1.165, 1.54) is 29.5 Å². The summed E-state index contributed by atoms with van der Waals surface area (Å²) in [6.07, 6.45) is 4.01. The first kappa shape index (κ1) is 11.7. The lowest BCUT2D eigenvalue weighted by molar-refractivity contribution is 0.500. The molecule has 0 spiro atoms. The molecule has 1 atom stereocenters. The molecular formula is C15H23N. The van der Waals surface area contributed by atoms with Crippen LogP contribution in [-0.2, 0) is 6.42 Å². The van der Waals surface area contributed by atoms with E-state index in [4.69, 9.17) is 0 Å². The zero-order chi connectivity index (χ0) is 11.5. The van der Waals surface area contributed by atoms with Gasteiger partial charge in [0.05, 0.1) is 0 Å². The van der Waals surface area contributed by atoms with Crippen LogP contribution in [0.1, 0.15) is 36.5 Å². The number of nitrogens with one attached hydrogen (secondary N) is 1. The maximum atomic E-state index is 3.63. The highest BCUT2D eigenvalue weighted by Gasteiger charge is 2.27. The van der Waals surface area contributed by atoms with Crippen LogP contribution >= 0.6 is 0 Å². The summed E-state index contributed by atoms with van der Waals surface area (Å²) in [4.78, 5) is 0. The Kier molecular flexibility index (Phi) is 3.65. The number of benzene rings is 1. The molecule has 1 nitrogen and oxygen atoms in total. The molecule has 2 rings (SSSR count). The molecule has 0 heterocycles. The molecule has 0 radical (unpaired) electrons. The van der Waals surface area contributed by atoms with E-state index in [0.717, 1.165) is 18.9 Å². The van der Waals surface area contributed by atoms with Gasteiger partial charge in [0.2, 0.25) is 0 Å². The van der Waals surface area contributed by atoms with Gasteiger partial charge in [0, 0.05) is 6.04 Å². The molecule has 1 aromatic carbocycles. The standard InChI is InChI=1S/C15H23N/c1-11-8-12(2)10-14(9-11)6-7-16-13(3)15-4-5-15/h8-10,13,15-16H,4-7H2,1-3H3. The summed E-state index contributed by atoms with van der Waals surface area (Å²) >= 11 is 0. The highest BCUT2D eigenvalue weighted by atomic mass is 14.9. The molecule has 0 bridgehead atoms. The van der Waals surface area contributed by atoms with Crippen molar-refractivity contribution >= 4 is 0 Å². The lowest BCUT2D eigenvalue weighted by Gasteiger charge is -2.12. The monoisotopic (exact) mass is 217 g/mol. The zero-order valence-electron chi connectivity index (χ0n) is 10.7. The van der Waals surface area contributed by atoms with E-state index in [0.29, 0.717) is 6.04 Å². The fourth-order valence-electron chi connectivity index (χ4n) is 2.42. The van der Waals surface area contributed by atoms with E-state index < -0.39 is 0 Å². The summed E-state index contributed by atoms with van der Waals surface area (Å²) in [6.45, 7) is 7.78. The Bertz CT molecular complexity index is 332. The Balaban J connectivity index is 1.79. The Hall–Kier alpha value is -0.820. The highest BCUT2D eigenvalue weighted by molar-refractivity contribution is 5.28. The van der Waals surface area contributed by atoms with Gasteiger partial charge in [-0.15, -0.1) is 0 Å². The summed E-state index contributed by atoms with van der Waals surface area (Å²) in [6, 6.07) is 7.56. The molecule has 88 valence electrons. The van der Waals surface area contributed by atoms with Gasteiger partial charge in [-0.25, -0.2) is 0 Å². The highest BCUT2D eigenvalue weighted by Crippen LogP contribution is 2.32. The van der Waals surface area contributed by atoms with Crippen molar-refractivity contribution in [3.8, 4) is 0 Å². The Morgan fingerprint density at radius 3 is 2.38 bits per heavy atom. The average Bonchev–Trinajstić information content (AvgIpc) is 2.98. The summed E-state index contributed by atoms with van der Waals surface area (Å²) in [5.41, 5.74) is 4.23. The zero-order valence-corrected chi connectivity index (χ0v) is 10.7. The quantitative estimate of drug-likeness (QED) is 0.798. The topological polar surface area (TPSA) is 12.0 Å². The van der Waals surface area contributed by atoms with Crippen LogP contribution in [0.3, 0.4) is 0 Å². The van der Waals surface area contributed by atoms with Crippen LogP contribution in [0.4, 0.5) is 0 Å². The van der Waals surface area contributed by atoms with E-state index in [1.807, 2.05) is 0 Å². The molecule has 1 fully saturated rings. The molecule has 1 heteroatoms. The van der Waals surface area contributed by atoms with Crippen LogP contribution in [0.2, 0.25) is 0 Å². The van der Waals surface area contributed by atoms with Gasteiger partial charge in [-0.1, -0.05) is 29.3 Å². The van der Waals surface area contributed by atoms with Crippen LogP contribution in [-0.4, -0.2) is 12.6 Å². The lowest BCUT2D eigenvalue weighted by Crippen LogP contribution is -2.29. The Labute approximate surface area is 99.3 Å². The fourth-order valence-corrected chi connectivity index (χ4v) is 2.42. The maximum absolute atomic E-state index is 3.63. The van der Waals surface area contributed by atoms with E-state index >= 15 is 0 Å². The van der Waals surface area contributed by atoms with Crippen molar-refractivity contribution in [2.24, 2.45) is 5.92 Å². The first-order chi connectivity index (χ1) is 7.65. The lowest BCUT2D eigenvalue weighted by atomic mass is 10.0. The second-order valence-corrected chi connectivity index (χ2v) is 5.33. The molecule has 1 unspecified atom stereocenters. The van der Waals surface area contributed by atoms with Gasteiger partial charge in [0.15, 0.2) is 0 Å². The molecule has 16 heavy (non-hydrogen) atoms. The van der Waals surface area contributed by atoms with E-state index in [-0.39, 0.29) is 0 Å². The van der Waals surface area contributed by atoms with Gasteiger partial charge < -0.3 is 5.32 Å². The van der Waals surface area contributed by atoms with Crippen LogP contribution in [0.5, 0.6) is 0 Å². The van der Waals surface area contributed by atoms with Crippen molar-refractivity contribution in [1.82, 2.24) is 5.32 Å². The minimum absolute atomic E-state index is 0.714. The minimum atomic E-state index is 0.714. The number of hydrogen-bond donors (Lipinski definition) is 1. The average molecular weight is 217 g/mol. The van der Waals surface area contributed by atoms with Crippen LogP contribution in [0.25, 0.3) is 0 Å². The first-order valence-corrected chi connectivity index (χ1v) is 6.46. The third kappa shape index (κ3) is 3.34. The van der Waals surface area contributed by atoms with E-state index in [9.17, 15) is 0 Å². The number of aryl methyl sites for hydroxylation is 2. The van der Waals surface area contributed by atoms with Gasteiger partial charge in [-0.05, 0) is 58.1 Å². The molecule has 0 aliphatic heterocycles. The predicted octanol–water partition coefficient (Wildman–Crippen LogP) is 3.23. The predicted molar refractivity (Wildman–Crippen MR) is 69.8 cm³/mol. The van der Waals surface area contributed by atoms with Gasteiger partial charge in [0.1, 0.15) is 0 Å². The van der Waals surface area contributed by atoms with Crippen molar-refractivity contribution in [2.45, 2.75) is 46.1 Å². The largest absolute Gasteiger partial charge is 0.314 e. The molecule has 1 N–H and O–H groups in total. The van der Waals surface area contributed by atoms with Crippen LogP contribution in [0, 0.1) is 19.8 Å². The van der Waals surface area contributed by atoms with Crippen LogP contribution < -0.4 is 5.32 Å². The molecule has 0 amide bonds. The molecule has 0 aromatic heterocycles. The smallest absolute Gasteiger partial charge is 0.00671 e. The van der Waals surface area contributed by atoms with Crippen molar-refractivity contribution in [3.05, 3.63) is 34.9 Å². The molecular weight excluding hydrogens is 194 g/mol. The summed E-state index contributed by atoms with van der Waals surface area (Å²) in [5.74, 6) is 0.958. The summed E-state index contributed by atoms with van der Waals surface area (Å²) in [5, 5.41) is 3.63. The number of rotatable bonds is 5. The van der Waals surface area contributed by atoms with Crippen molar-refractivity contribution in [1.29, 1.82) is 0 Å². The number of hydrogen-bond acceptors (Lipinski definition) is 1. The Morgan fingerprint density at radius 2 is 1.81 bits per heavy atom. The second-order valence-electron chi connectivity index (χ2n) is 5.33. The van der Waals surface area contributed by atoms with Gasteiger partial charge in [0.25, 0.3) is 0 Å². The summed E-state index contributed by atoms with van der Waals surface area (Å²) in [7, 11) is 0. The fraction of sp³-hybridized carbons (Fsp3) is 0.600. The van der Waals surface area contributed by atoms with Gasteiger partial charge in [-0.2, -0.15) is 0 Å². The second kappa shape index (κ2) is 5.01. The molecule has 1 aliphatic rings. The molecule has 0 saturated heterocycles. The third-order valence-electron chi connectivity index (χ3n) is 3.49. The third-order valence-corrected chi connectivity index (χ3v) is 3.49. The van der Waals surface area contributed by atoms with Crippen molar-refractivity contribution in [2.75, 3.05) is 6.54 Å². The van der Waals surface area contributed by atoms with E-state index in [1.54, 1.807) is 0 Å². The van der Waals surface area contributed by atoms with Crippen molar-refractivity contribution < 1.29 is 0 Å². The molecule has 1 saturated carbocycles. The minimum Gasteiger partial charge on any atom is -0.314 e. The molecule has 1 aliphatic carbocycles. The van der Waals surface area contributed by atoms with E-state index in [2.05, 4.69) is 44.3 Å². The van der Waals surface area contributed by atoms with Gasteiger partial charge in [-0.3, -0.25) is 0 Å².